The van der Waals surface area contributed by atoms with E-state index in [2.05, 4.69) is 42.2 Å². The van der Waals surface area contributed by atoms with Crippen molar-refractivity contribution in [1.29, 1.82) is 0 Å². The molecule has 2 aliphatic rings. The van der Waals surface area contributed by atoms with Crippen LogP contribution in [0.1, 0.15) is 6.92 Å². The van der Waals surface area contributed by atoms with Crippen LogP contribution >= 0.6 is 43.6 Å². The average molecular weight is 426 g/mol. The van der Waals surface area contributed by atoms with E-state index >= 15 is 0 Å². The molecule has 1 aromatic heterocycles. The normalized spacial score (nSPS) is 34.8. The lowest BCUT2D eigenvalue weighted by atomic mass is 9.96. The van der Waals surface area contributed by atoms with E-state index in [1.807, 2.05) is 6.92 Å². The van der Waals surface area contributed by atoms with E-state index in [9.17, 15) is 14.7 Å². The number of carboxylic acids is 1. The third-order valence-electron chi connectivity index (χ3n) is 3.50. The minimum absolute atomic E-state index is 0.260. The quantitative estimate of drug-likeness (QED) is 0.571. The van der Waals surface area contributed by atoms with Crippen molar-refractivity contribution in [3.8, 4) is 0 Å². The van der Waals surface area contributed by atoms with Crippen LogP contribution in [0.25, 0.3) is 0 Å². The Hall–Kier alpha value is -0.610. The first kappa shape index (κ1) is 14.3. The third-order valence-corrected chi connectivity index (χ3v) is 7.35. The first-order valence-corrected chi connectivity index (χ1v) is 8.19. The monoisotopic (exact) mass is 424 g/mol. The highest BCUT2D eigenvalue weighted by Gasteiger charge is 2.71. The molecule has 0 bridgehead atoms. The van der Waals surface area contributed by atoms with Crippen molar-refractivity contribution in [2.45, 2.75) is 32.9 Å². The van der Waals surface area contributed by atoms with Crippen molar-refractivity contribution >= 4 is 55.5 Å². The molecule has 3 heterocycles. The molecule has 10 heteroatoms. The Labute approximate surface area is 135 Å². The molecule has 2 aliphatic heterocycles. The zero-order chi connectivity index (χ0) is 14.7. The Morgan fingerprint density at radius 1 is 1.60 bits per heavy atom. The van der Waals surface area contributed by atoms with E-state index in [-0.39, 0.29) is 11.3 Å². The number of aliphatic carboxylic acids is 1. The number of amides is 1. The van der Waals surface area contributed by atoms with Gasteiger partial charge in [-0.15, -0.1) is 16.9 Å². The summed E-state index contributed by atoms with van der Waals surface area (Å²) in [5.74, 6) is -1.27. The molecule has 1 aromatic rings. The summed E-state index contributed by atoms with van der Waals surface area (Å²) in [4.78, 5) is 25.1. The SMILES string of the molecule is CC1(Cn2ccnn2)SC2N(C(=O)C2(Br)Br)C1C(=O)O. The Morgan fingerprint density at radius 3 is 2.85 bits per heavy atom. The molecule has 7 nitrogen and oxygen atoms in total. The minimum atomic E-state index is -1.01. The number of rotatable bonds is 3. The average Bonchev–Trinajstić information content (AvgIpc) is 2.94. The molecule has 3 unspecified atom stereocenters. The van der Waals surface area contributed by atoms with Crippen LogP contribution in [-0.4, -0.2) is 56.3 Å². The maximum atomic E-state index is 12.1. The maximum Gasteiger partial charge on any atom is 0.327 e. The Balaban J connectivity index is 1.94. The second-order valence-corrected chi connectivity index (χ2v) is 10.1. The molecular weight excluding hydrogens is 416 g/mol. The van der Waals surface area contributed by atoms with Gasteiger partial charge < -0.3 is 10.0 Å². The van der Waals surface area contributed by atoms with Crippen LogP contribution in [0.4, 0.5) is 0 Å². The summed E-state index contributed by atoms with van der Waals surface area (Å²) in [5, 5.41) is 16.8. The fraction of sp³-hybridized carbons (Fsp3) is 0.600. The van der Waals surface area contributed by atoms with E-state index in [4.69, 9.17) is 0 Å². The summed E-state index contributed by atoms with van der Waals surface area (Å²) in [6.45, 7) is 2.20. The van der Waals surface area contributed by atoms with Crippen LogP contribution in [0, 0.1) is 0 Å². The molecule has 2 saturated heterocycles. The molecule has 20 heavy (non-hydrogen) atoms. The van der Waals surface area contributed by atoms with Crippen LogP contribution in [-0.2, 0) is 16.1 Å². The number of fused-ring (bicyclic) bond motifs is 1. The number of thioether (sulfide) groups is 1. The number of aromatic nitrogens is 3. The Morgan fingerprint density at radius 2 is 2.30 bits per heavy atom. The van der Waals surface area contributed by atoms with Gasteiger partial charge in [-0.1, -0.05) is 37.1 Å². The molecule has 1 N–H and O–H groups in total. The van der Waals surface area contributed by atoms with Gasteiger partial charge in [0.15, 0.2) is 3.23 Å². The Bertz CT molecular complexity index is 581. The van der Waals surface area contributed by atoms with Gasteiger partial charge >= 0.3 is 5.97 Å². The van der Waals surface area contributed by atoms with E-state index < -0.39 is 20.0 Å². The van der Waals surface area contributed by atoms with Gasteiger partial charge in [-0.2, -0.15) is 0 Å². The number of carbonyl (C=O) groups is 2. The van der Waals surface area contributed by atoms with E-state index in [1.165, 1.54) is 22.9 Å². The van der Waals surface area contributed by atoms with Gasteiger partial charge in [0.05, 0.1) is 17.5 Å². The van der Waals surface area contributed by atoms with Gasteiger partial charge in [0.2, 0.25) is 0 Å². The molecule has 2 fully saturated rings. The second-order valence-electron chi connectivity index (χ2n) is 4.96. The second kappa shape index (κ2) is 4.44. The predicted octanol–water partition coefficient (Wildman–Crippen LogP) is 0.891. The molecule has 0 aromatic carbocycles. The predicted molar refractivity (Wildman–Crippen MR) is 78.7 cm³/mol. The van der Waals surface area contributed by atoms with Gasteiger partial charge in [0.25, 0.3) is 5.91 Å². The number of halogens is 2. The molecule has 0 radical (unpaired) electrons. The molecule has 3 atom stereocenters. The summed E-state index contributed by atoms with van der Waals surface area (Å²) in [7, 11) is 0. The lowest BCUT2D eigenvalue weighted by Crippen LogP contribution is -2.68. The van der Waals surface area contributed by atoms with E-state index in [0.29, 0.717) is 6.54 Å². The molecule has 0 aliphatic carbocycles. The van der Waals surface area contributed by atoms with Crippen molar-refractivity contribution in [3.63, 3.8) is 0 Å². The van der Waals surface area contributed by atoms with Crippen molar-refractivity contribution in [1.82, 2.24) is 19.9 Å². The Kier molecular flexibility index (Phi) is 3.18. The first-order chi connectivity index (χ1) is 9.27. The van der Waals surface area contributed by atoms with Crippen molar-refractivity contribution in [2.75, 3.05) is 0 Å². The molecular formula is C10H10Br2N4O3S. The van der Waals surface area contributed by atoms with Crippen molar-refractivity contribution < 1.29 is 14.7 Å². The van der Waals surface area contributed by atoms with Crippen LogP contribution in [0.5, 0.6) is 0 Å². The largest absolute Gasteiger partial charge is 0.480 e. The van der Waals surface area contributed by atoms with Crippen LogP contribution in [0.15, 0.2) is 12.4 Å². The summed E-state index contributed by atoms with van der Waals surface area (Å²) < 4.78 is 0.0328. The fourth-order valence-corrected chi connectivity index (χ4v) is 5.68. The minimum Gasteiger partial charge on any atom is -0.480 e. The van der Waals surface area contributed by atoms with Crippen LogP contribution in [0.3, 0.4) is 0 Å². The molecule has 0 spiro atoms. The fourth-order valence-electron chi connectivity index (χ4n) is 2.63. The topological polar surface area (TPSA) is 88.3 Å². The lowest BCUT2D eigenvalue weighted by molar-refractivity contribution is -0.157. The highest BCUT2D eigenvalue weighted by atomic mass is 79.9. The zero-order valence-electron chi connectivity index (χ0n) is 10.2. The smallest absolute Gasteiger partial charge is 0.327 e. The first-order valence-electron chi connectivity index (χ1n) is 5.73. The van der Waals surface area contributed by atoms with Crippen molar-refractivity contribution in [3.05, 3.63) is 12.4 Å². The molecule has 3 rings (SSSR count). The van der Waals surface area contributed by atoms with Gasteiger partial charge in [-0.25, -0.2) is 4.79 Å². The summed E-state index contributed by atoms with van der Waals surface area (Å²) in [6, 6.07) is -0.891. The van der Waals surface area contributed by atoms with Crippen LogP contribution < -0.4 is 0 Å². The van der Waals surface area contributed by atoms with E-state index in [1.54, 1.807) is 10.9 Å². The maximum absolute atomic E-state index is 12.1. The van der Waals surface area contributed by atoms with Gasteiger partial charge in [-0.3, -0.25) is 9.48 Å². The number of β-lactam (4-membered cyclic amide) rings is 1. The van der Waals surface area contributed by atoms with Crippen LogP contribution in [0.2, 0.25) is 0 Å². The number of hydrogen-bond acceptors (Lipinski definition) is 5. The molecule has 0 saturated carbocycles. The number of carbonyl (C=O) groups excluding carboxylic acids is 1. The highest BCUT2D eigenvalue weighted by Crippen LogP contribution is 2.60. The zero-order valence-corrected chi connectivity index (χ0v) is 14.2. The van der Waals surface area contributed by atoms with Gasteiger partial charge in [-0.05, 0) is 6.92 Å². The number of alkyl halides is 2. The summed E-state index contributed by atoms with van der Waals surface area (Å²) in [6.07, 6.45) is 3.22. The standard InChI is InChI=1S/C10H10Br2N4O3S/c1-9(4-15-3-2-13-14-15)5(6(17)18)16-7(19)10(11,12)8(16)20-9/h2-3,5,8H,4H2,1H3,(H,17,18). The molecule has 1 amide bonds. The van der Waals surface area contributed by atoms with E-state index in [0.717, 1.165) is 0 Å². The third kappa shape index (κ3) is 1.84. The number of nitrogens with zero attached hydrogens (tertiary/aromatic N) is 4. The van der Waals surface area contributed by atoms with Gasteiger partial charge in [0.1, 0.15) is 11.4 Å². The summed E-state index contributed by atoms with van der Waals surface area (Å²) in [5.41, 5.74) is 0. The summed E-state index contributed by atoms with van der Waals surface area (Å²) >= 11 is 8.09. The van der Waals surface area contributed by atoms with Gasteiger partial charge in [0, 0.05) is 6.20 Å². The number of carboxylic acid groups (broad SMARTS) is 1. The highest BCUT2D eigenvalue weighted by molar-refractivity contribution is 9.26. The molecule has 108 valence electrons. The number of hydrogen-bond donors (Lipinski definition) is 1. The van der Waals surface area contributed by atoms with Crippen molar-refractivity contribution in [2.24, 2.45) is 0 Å². The lowest BCUT2D eigenvalue weighted by Gasteiger charge is -2.46.